The summed E-state index contributed by atoms with van der Waals surface area (Å²) in [6, 6.07) is 14.3. The third-order valence-electron chi connectivity index (χ3n) is 4.46. The number of nitrogens with one attached hydrogen (secondary N) is 1. The highest BCUT2D eigenvalue weighted by atomic mass is 16.5. The summed E-state index contributed by atoms with van der Waals surface area (Å²) < 4.78 is 7.85. The first kappa shape index (κ1) is 20.9. The van der Waals surface area contributed by atoms with Crippen LogP contribution in [0.25, 0.3) is 5.69 Å². The van der Waals surface area contributed by atoms with Crippen LogP contribution in [0.3, 0.4) is 0 Å². The van der Waals surface area contributed by atoms with Crippen molar-refractivity contribution in [2.75, 3.05) is 30.9 Å². The molecule has 156 valence electrons. The summed E-state index contributed by atoms with van der Waals surface area (Å²) in [7, 11) is 3.85. The number of amides is 1. The molecule has 0 spiro atoms. The quantitative estimate of drug-likeness (QED) is 0.605. The summed E-state index contributed by atoms with van der Waals surface area (Å²) in [4.78, 5) is 39.5. The number of carbonyl (C=O) groups excluding carboxylic acids is 1. The van der Waals surface area contributed by atoms with Crippen molar-refractivity contribution in [2.24, 2.45) is 0 Å². The molecule has 0 saturated carbocycles. The van der Waals surface area contributed by atoms with E-state index in [-0.39, 0.29) is 6.54 Å². The van der Waals surface area contributed by atoms with Crippen molar-refractivity contribution in [1.82, 2.24) is 9.13 Å². The van der Waals surface area contributed by atoms with Gasteiger partial charge in [0.25, 0.3) is 0 Å². The van der Waals surface area contributed by atoms with Gasteiger partial charge in [0, 0.05) is 37.9 Å². The van der Waals surface area contributed by atoms with Crippen molar-refractivity contribution in [2.45, 2.75) is 13.5 Å². The highest BCUT2D eigenvalue weighted by molar-refractivity contribution is 5.90. The van der Waals surface area contributed by atoms with Crippen LogP contribution in [0.1, 0.15) is 6.92 Å². The van der Waals surface area contributed by atoms with Crippen molar-refractivity contribution >= 4 is 17.3 Å². The molecule has 1 amide bonds. The molecule has 30 heavy (non-hydrogen) atoms. The molecular formula is C22H24N4O4. The highest BCUT2D eigenvalue weighted by Gasteiger charge is 2.13. The van der Waals surface area contributed by atoms with Crippen LogP contribution in [0.2, 0.25) is 0 Å². The lowest BCUT2D eigenvalue weighted by Gasteiger charge is -2.14. The summed E-state index contributed by atoms with van der Waals surface area (Å²) in [5, 5.41) is 2.73. The van der Waals surface area contributed by atoms with Gasteiger partial charge in [0.2, 0.25) is 5.91 Å². The lowest BCUT2D eigenvalue weighted by molar-refractivity contribution is -0.116. The second-order valence-corrected chi connectivity index (χ2v) is 6.80. The van der Waals surface area contributed by atoms with E-state index in [1.165, 1.54) is 17.0 Å². The van der Waals surface area contributed by atoms with Crippen molar-refractivity contribution in [3.05, 3.63) is 81.6 Å². The summed E-state index contributed by atoms with van der Waals surface area (Å²) >= 11 is 0. The van der Waals surface area contributed by atoms with Crippen LogP contribution in [0, 0.1) is 0 Å². The number of ether oxygens (including phenoxy) is 1. The predicted molar refractivity (Wildman–Crippen MR) is 117 cm³/mol. The van der Waals surface area contributed by atoms with Crippen molar-refractivity contribution in [1.29, 1.82) is 0 Å². The maximum absolute atomic E-state index is 12.6. The Kier molecular flexibility index (Phi) is 6.36. The Bertz CT molecular complexity index is 1150. The molecule has 8 heteroatoms. The summed E-state index contributed by atoms with van der Waals surface area (Å²) in [6.07, 6.45) is 2.88. The molecule has 0 saturated heterocycles. The van der Waals surface area contributed by atoms with Gasteiger partial charge >= 0.3 is 11.1 Å². The number of hydrogen-bond donors (Lipinski definition) is 1. The molecular weight excluding hydrogens is 384 g/mol. The molecule has 3 rings (SSSR count). The number of hydrogen-bond acceptors (Lipinski definition) is 5. The van der Waals surface area contributed by atoms with Crippen LogP contribution >= 0.6 is 0 Å². The lowest BCUT2D eigenvalue weighted by Crippen LogP contribution is -2.41. The van der Waals surface area contributed by atoms with Gasteiger partial charge in [-0.05, 0) is 43.3 Å². The van der Waals surface area contributed by atoms with E-state index in [0.717, 1.165) is 10.3 Å². The SMILES string of the molecule is CCOc1ccccc1-n1ccn(CC(=O)Nc2ccc(N(C)C)cc2)c(=O)c1=O. The Hall–Kier alpha value is -3.81. The maximum Gasteiger partial charge on any atom is 0.321 e. The topological polar surface area (TPSA) is 85.6 Å². The third-order valence-corrected chi connectivity index (χ3v) is 4.46. The van der Waals surface area contributed by atoms with Crippen molar-refractivity contribution in [3.8, 4) is 11.4 Å². The van der Waals surface area contributed by atoms with Gasteiger partial charge in [0.15, 0.2) is 0 Å². The minimum Gasteiger partial charge on any atom is -0.492 e. The molecule has 0 aliphatic rings. The largest absolute Gasteiger partial charge is 0.492 e. The second kappa shape index (κ2) is 9.13. The van der Waals surface area contributed by atoms with Crippen molar-refractivity contribution in [3.63, 3.8) is 0 Å². The zero-order valence-corrected chi connectivity index (χ0v) is 17.2. The second-order valence-electron chi connectivity index (χ2n) is 6.80. The Labute approximate surface area is 174 Å². The van der Waals surface area contributed by atoms with E-state index >= 15 is 0 Å². The number of carbonyl (C=O) groups is 1. The standard InChI is InChI=1S/C22H24N4O4/c1-4-30-19-8-6-5-7-18(19)26-14-13-25(21(28)22(26)29)15-20(27)23-16-9-11-17(12-10-16)24(2)3/h5-14H,4,15H2,1-3H3,(H,23,27). The molecule has 0 unspecified atom stereocenters. The van der Waals surface area contributed by atoms with Gasteiger partial charge in [-0.1, -0.05) is 12.1 Å². The maximum atomic E-state index is 12.6. The molecule has 0 bridgehead atoms. The summed E-state index contributed by atoms with van der Waals surface area (Å²) in [5.74, 6) is 0.0970. The fourth-order valence-corrected chi connectivity index (χ4v) is 2.95. The van der Waals surface area contributed by atoms with Crippen LogP contribution in [-0.4, -0.2) is 35.7 Å². The molecule has 1 aromatic heterocycles. The Morgan fingerprint density at radius 2 is 1.70 bits per heavy atom. The minimum absolute atomic E-state index is 0.266. The number of para-hydroxylation sites is 2. The van der Waals surface area contributed by atoms with Gasteiger partial charge in [-0.25, -0.2) is 0 Å². The number of rotatable bonds is 7. The fourth-order valence-electron chi connectivity index (χ4n) is 2.95. The Morgan fingerprint density at radius 3 is 2.37 bits per heavy atom. The third kappa shape index (κ3) is 4.60. The first-order chi connectivity index (χ1) is 14.4. The van der Waals surface area contributed by atoms with Gasteiger partial charge in [-0.3, -0.25) is 23.5 Å². The Morgan fingerprint density at radius 1 is 1.00 bits per heavy atom. The van der Waals surface area contributed by atoms with Crippen LogP contribution < -0.4 is 26.1 Å². The molecule has 0 aliphatic heterocycles. The van der Waals surface area contributed by atoms with Crippen LogP contribution in [0.5, 0.6) is 5.75 Å². The van der Waals surface area contributed by atoms with E-state index in [9.17, 15) is 14.4 Å². The van der Waals surface area contributed by atoms with Gasteiger partial charge in [0.1, 0.15) is 12.3 Å². The minimum atomic E-state index is -0.790. The smallest absolute Gasteiger partial charge is 0.321 e. The normalized spacial score (nSPS) is 10.5. The van der Waals surface area contributed by atoms with E-state index in [2.05, 4.69) is 5.32 Å². The van der Waals surface area contributed by atoms with E-state index in [4.69, 9.17) is 4.74 Å². The van der Waals surface area contributed by atoms with Gasteiger partial charge in [0.05, 0.1) is 12.3 Å². The molecule has 1 heterocycles. The molecule has 0 fully saturated rings. The molecule has 0 aliphatic carbocycles. The fraction of sp³-hybridized carbons (Fsp3) is 0.227. The molecule has 8 nitrogen and oxygen atoms in total. The van der Waals surface area contributed by atoms with E-state index in [1.54, 1.807) is 36.4 Å². The molecule has 3 aromatic rings. The van der Waals surface area contributed by atoms with E-state index < -0.39 is 17.0 Å². The number of aromatic nitrogens is 2. The average molecular weight is 408 g/mol. The molecule has 0 radical (unpaired) electrons. The first-order valence-corrected chi connectivity index (χ1v) is 9.52. The Balaban J connectivity index is 1.80. The first-order valence-electron chi connectivity index (χ1n) is 9.52. The van der Waals surface area contributed by atoms with Crippen LogP contribution in [0.15, 0.2) is 70.5 Å². The monoisotopic (exact) mass is 408 g/mol. The van der Waals surface area contributed by atoms with Crippen LogP contribution in [0.4, 0.5) is 11.4 Å². The van der Waals surface area contributed by atoms with Gasteiger partial charge in [-0.2, -0.15) is 0 Å². The number of nitrogens with zero attached hydrogens (tertiary/aromatic N) is 3. The molecule has 1 N–H and O–H groups in total. The van der Waals surface area contributed by atoms with E-state index in [0.29, 0.717) is 23.7 Å². The van der Waals surface area contributed by atoms with E-state index in [1.807, 2.05) is 38.1 Å². The predicted octanol–water partition coefficient (Wildman–Crippen LogP) is 2.10. The summed E-state index contributed by atoms with van der Waals surface area (Å²) in [5.41, 5.74) is 0.534. The van der Waals surface area contributed by atoms with Gasteiger partial charge in [-0.15, -0.1) is 0 Å². The zero-order chi connectivity index (χ0) is 21.7. The number of benzene rings is 2. The van der Waals surface area contributed by atoms with Crippen molar-refractivity contribution < 1.29 is 9.53 Å². The molecule has 0 atom stereocenters. The molecule has 2 aromatic carbocycles. The lowest BCUT2D eigenvalue weighted by atomic mass is 10.2. The zero-order valence-electron chi connectivity index (χ0n) is 17.2. The average Bonchev–Trinajstić information content (AvgIpc) is 2.73. The summed E-state index contributed by atoms with van der Waals surface area (Å²) in [6.45, 7) is 2.00. The highest BCUT2D eigenvalue weighted by Crippen LogP contribution is 2.20. The number of anilines is 2. The van der Waals surface area contributed by atoms with Crippen LogP contribution in [-0.2, 0) is 11.3 Å². The van der Waals surface area contributed by atoms with Gasteiger partial charge < -0.3 is 15.0 Å².